The first-order chi connectivity index (χ1) is 13.3. The molecule has 0 fully saturated rings. The number of fused-ring (bicyclic) bond motifs is 1. The number of aryl methyl sites for hydroxylation is 1. The summed E-state index contributed by atoms with van der Waals surface area (Å²) in [5, 5.41) is 3.71. The van der Waals surface area contributed by atoms with E-state index in [1.807, 2.05) is 30.6 Å². The monoisotopic (exact) mass is 358 g/mol. The Hall–Kier alpha value is -2.56. The van der Waals surface area contributed by atoms with Crippen LogP contribution in [-0.4, -0.2) is 9.97 Å². The van der Waals surface area contributed by atoms with Crippen molar-refractivity contribution in [2.75, 3.05) is 0 Å². The van der Waals surface area contributed by atoms with Gasteiger partial charge in [-0.15, -0.1) is 0 Å². The third kappa shape index (κ3) is 4.24. The Kier molecular flexibility index (Phi) is 5.56. The normalized spacial score (nSPS) is 16.1. The summed E-state index contributed by atoms with van der Waals surface area (Å²) in [6.07, 6.45) is 8.06. The molecule has 1 aromatic carbocycles. The van der Waals surface area contributed by atoms with Crippen LogP contribution in [0.2, 0.25) is 0 Å². The highest BCUT2D eigenvalue weighted by Gasteiger charge is 2.20. The topological polar surface area (TPSA) is 63.8 Å². The number of nitrogens with zero attached hydrogens (tertiary/aromatic N) is 2. The molecule has 1 unspecified atom stereocenters. The molecule has 2 heterocycles. The predicted octanol–water partition coefficient (Wildman–Crippen LogP) is 3.69. The minimum absolute atomic E-state index is 0.336. The van der Waals surface area contributed by atoms with Crippen LogP contribution in [0.3, 0.4) is 0 Å². The lowest BCUT2D eigenvalue weighted by Crippen LogP contribution is -2.26. The Bertz CT molecular complexity index is 892. The van der Waals surface area contributed by atoms with Gasteiger partial charge in [0, 0.05) is 37.6 Å². The van der Waals surface area contributed by atoms with E-state index in [1.165, 1.54) is 34.4 Å². The molecule has 0 amide bonds. The van der Waals surface area contributed by atoms with Crippen LogP contribution in [0.25, 0.3) is 0 Å². The molecule has 4 heteroatoms. The first kappa shape index (κ1) is 17.8. The molecule has 3 aromatic rings. The van der Waals surface area contributed by atoms with Crippen LogP contribution in [0.4, 0.5) is 0 Å². The van der Waals surface area contributed by atoms with E-state index in [1.54, 1.807) is 0 Å². The zero-order valence-electron chi connectivity index (χ0n) is 15.6. The molecule has 1 aliphatic carbocycles. The van der Waals surface area contributed by atoms with Gasteiger partial charge in [-0.1, -0.05) is 30.3 Å². The van der Waals surface area contributed by atoms with Crippen LogP contribution < -0.4 is 11.1 Å². The highest BCUT2D eigenvalue weighted by Crippen LogP contribution is 2.28. The summed E-state index contributed by atoms with van der Waals surface area (Å²) in [7, 11) is 0. The van der Waals surface area contributed by atoms with Crippen molar-refractivity contribution in [3.05, 3.63) is 94.6 Å². The van der Waals surface area contributed by atoms with Gasteiger partial charge in [0.05, 0.1) is 11.7 Å². The van der Waals surface area contributed by atoms with Crippen molar-refractivity contribution >= 4 is 0 Å². The molecule has 2 aromatic heterocycles. The van der Waals surface area contributed by atoms with Gasteiger partial charge in [-0.05, 0) is 59.7 Å². The molecule has 3 N–H and O–H groups in total. The zero-order chi connectivity index (χ0) is 18.5. The highest BCUT2D eigenvalue weighted by molar-refractivity contribution is 5.35. The van der Waals surface area contributed by atoms with Gasteiger partial charge in [-0.3, -0.25) is 9.97 Å². The van der Waals surface area contributed by atoms with E-state index in [-0.39, 0.29) is 0 Å². The van der Waals surface area contributed by atoms with Gasteiger partial charge in [0.2, 0.25) is 0 Å². The minimum Gasteiger partial charge on any atom is -0.326 e. The van der Waals surface area contributed by atoms with Gasteiger partial charge in [-0.2, -0.15) is 0 Å². The van der Waals surface area contributed by atoms with Crippen molar-refractivity contribution in [3.63, 3.8) is 0 Å². The van der Waals surface area contributed by atoms with Crippen molar-refractivity contribution in [2.24, 2.45) is 5.73 Å². The van der Waals surface area contributed by atoms with E-state index in [0.29, 0.717) is 12.6 Å². The van der Waals surface area contributed by atoms with Crippen LogP contribution in [0.15, 0.2) is 60.9 Å². The number of rotatable bonds is 6. The van der Waals surface area contributed by atoms with Crippen LogP contribution >= 0.6 is 0 Å². The minimum atomic E-state index is 0.336. The molecule has 27 heavy (non-hydrogen) atoms. The molecule has 0 bridgehead atoms. The van der Waals surface area contributed by atoms with E-state index < -0.39 is 0 Å². The van der Waals surface area contributed by atoms with Gasteiger partial charge in [0.15, 0.2) is 0 Å². The first-order valence-electron chi connectivity index (χ1n) is 9.71. The second kappa shape index (κ2) is 8.42. The fourth-order valence-electron chi connectivity index (χ4n) is 3.90. The van der Waals surface area contributed by atoms with Crippen LogP contribution in [-0.2, 0) is 25.9 Å². The number of hydrogen-bond acceptors (Lipinski definition) is 4. The molecular formula is C23H26N4. The lowest BCUT2D eigenvalue weighted by Gasteiger charge is -2.25. The third-order valence-corrected chi connectivity index (χ3v) is 5.34. The fraction of sp³-hybridized carbons (Fsp3) is 0.304. The summed E-state index contributed by atoms with van der Waals surface area (Å²) < 4.78 is 0. The summed E-state index contributed by atoms with van der Waals surface area (Å²) in [6, 6.07) is 17.2. The molecule has 0 saturated carbocycles. The molecule has 0 spiro atoms. The van der Waals surface area contributed by atoms with Gasteiger partial charge in [0.1, 0.15) is 0 Å². The molecule has 1 atom stereocenters. The van der Waals surface area contributed by atoms with Crippen LogP contribution in [0.1, 0.15) is 52.5 Å². The van der Waals surface area contributed by atoms with Crippen molar-refractivity contribution in [3.8, 4) is 0 Å². The SMILES string of the molecule is NCc1ccc(CNC2CCCc3cccnc32)cc1Cc1ccccn1. The molecule has 0 aliphatic heterocycles. The Labute approximate surface area is 160 Å². The number of nitrogens with one attached hydrogen (secondary N) is 1. The standard InChI is InChI=1S/C23H26N4/c24-15-19-10-9-17(13-20(19)14-21-7-1-2-11-25-21)16-27-22-8-3-5-18-6-4-12-26-23(18)22/h1-2,4,6-7,9-13,22,27H,3,5,8,14-16,24H2. The number of hydrogen-bond donors (Lipinski definition) is 2. The van der Waals surface area contributed by atoms with E-state index in [0.717, 1.165) is 31.5 Å². The molecular weight excluding hydrogens is 332 g/mol. The average Bonchev–Trinajstić information content (AvgIpc) is 2.73. The van der Waals surface area contributed by atoms with Crippen molar-refractivity contribution < 1.29 is 0 Å². The summed E-state index contributed by atoms with van der Waals surface area (Å²) in [5.74, 6) is 0. The maximum Gasteiger partial charge on any atom is 0.0605 e. The van der Waals surface area contributed by atoms with Gasteiger partial charge in [-0.25, -0.2) is 0 Å². The second-order valence-electron chi connectivity index (χ2n) is 7.18. The molecule has 4 nitrogen and oxygen atoms in total. The Balaban J connectivity index is 1.49. The maximum absolute atomic E-state index is 5.95. The van der Waals surface area contributed by atoms with E-state index in [4.69, 9.17) is 5.73 Å². The van der Waals surface area contributed by atoms with Gasteiger partial charge in [0.25, 0.3) is 0 Å². The van der Waals surface area contributed by atoms with Crippen LogP contribution in [0, 0.1) is 0 Å². The second-order valence-corrected chi connectivity index (χ2v) is 7.18. The Morgan fingerprint density at radius 1 is 1.00 bits per heavy atom. The summed E-state index contributed by atoms with van der Waals surface area (Å²) in [4.78, 5) is 9.09. The predicted molar refractivity (Wildman–Crippen MR) is 108 cm³/mol. The van der Waals surface area contributed by atoms with Gasteiger partial charge >= 0.3 is 0 Å². The number of pyridine rings is 2. The number of nitrogens with two attached hydrogens (primary N) is 1. The largest absolute Gasteiger partial charge is 0.326 e. The molecule has 0 radical (unpaired) electrons. The fourth-order valence-corrected chi connectivity index (χ4v) is 3.90. The lowest BCUT2D eigenvalue weighted by atomic mass is 9.91. The van der Waals surface area contributed by atoms with E-state index >= 15 is 0 Å². The smallest absolute Gasteiger partial charge is 0.0605 e. The number of benzene rings is 1. The molecule has 138 valence electrons. The lowest BCUT2D eigenvalue weighted by molar-refractivity contribution is 0.447. The first-order valence-corrected chi connectivity index (χ1v) is 9.71. The Morgan fingerprint density at radius 3 is 2.78 bits per heavy atom. The molecule has 0 saturated heterocycles. The molecule has 4 rings (SSSR count). The van der Waals surface area contributed by atoms with Crippen LogP contribution in [0.5, 0.6) is 0 Å². The number of aromatic nitrogens is 2. The third-order valence-electron chi connectivity index (χ3n) is 5.34. The summed E-state index contributed by atoms with van der Waals surface area (Å²) in [6.45, 7) is 1.39. The zero-order valence-corrected chi connectivity index (χ0v) is 15.6. The van der Waals surface area contributed by atoms with Crippen molar-refractivity contribution in [1.82, 2.24) is 15.3 Å². The van der Waals surface area contributed by atoms with E-state index in [2.05, 4.69) is 45.6 Å². The summed E-state index contributed by atoms with van der Waals surface area (Å²) >= 11 is 0. The van der Waals surface area contributed by atoms with Crippen molar-refractivity contribution in [1.29, 1.82) is 0 Å². The van der Waals surface area contributed by atoms with Gasteiger partial charge < -0.3 is 11.1 Å². The average molecular weight is 358 g/mol. The maximum atomic E-state index is 5.95. The highest BCUT2D eigenvalue weighted by atomic mass is 14.9. The molecule has 1 aliphatic rings. The Morgan fingerprint density at radius 2 is 1.93 bits per heavy atom. The van der Waals surface area contributed by atoms with E-state index in [9.17, 15) is 0 Å². The summed E-state index contributed by atoms with van der Waals surface area (Å²) in [5.41, 5.74) is 13.4. The van der Waals surface area contributed by atoms with Crippen molar-refractivity contribution in [2.45, 2.75) is 44.8 Å². The quantitative estimate of drug-likeness (QED) is 0.705.